The number of likely N-dealkylation sites (tertiary alicyclic amines) is 1. The number of methoxy groups -OCH3 is 1. The van der Waals surface area contributed by atoms with Crippen LogP contribution in [0.5, 0.6) is 5.75 Å². The Labute approximate surface area is 140 Å². The number of carbonyl (C=O) groups is 2. The number of carbonyl (C=O) groups excluding carboxylic acids is 2. The molecule has 2 aromatic rings. The zero-order valence-electron chi connectivity index (χ0n) is 13.5. The summed E-state index contributed by atoms with van der Waals surface area (Å²) in [7, 11) is 1.60. The monoisotopic (exact) mass is 328 g/mol. The van der Waals surface area contributed by atoms with Crippen molar-refractivity contribution in [2.75, 3.05) is 20.2 Å². The molecule has 0 aliphatic carbocycles. The van der Waals surface area contributed by atoms with Gasteiger partial charge < -0.3 is 19.4 Å². The first-order valence-electron chi connectivity index (χ1n) is 7.95. The van der Waals surface area contributed by atoms with Crippen molar-refractivity contribution in [3.63, 3.8) is 0 Å². The quantitative estimate of drug-likeness (QED) is 0.935. The van der Waals surface area contributed by atoms with Gasteiger partial charge in [-0.25, -0.2) is 0 Å². The Morgan fingerprint density at radius 1 is 1.17 bits per heavy atom. The topological polar surface area (TPSA) is 71.8 Å². The molecule has 1 aliphatic heterocycles. The molecule has 0 radical (unpaired) electrons. The lowest BCUT2D eigenvalue weighted by Gasteiger charge is -2.32. The van der Waals surface area contributed by atoms with Gasteiger partial charge in [0.1, 0.15) is 5.75 Å². The first kappa shape index (κ1) is 16.1. The van der Waals surface area contributed by atoms with Gasteiger partial charge in [0.15, 0.2) is 5.76 Å². The number of furan rings is 1. The highest BCUT2D eigenvalue weighted by atomic mass is 16.5. The highest BCUT2D eigenvalue weighted by molar-refractivity contribution is 5.94. The molecule has 1 saturated heterocycles. The van der Waals surface area contributed by atoms with E-state index in [0.717, 1.165) is 18.6 Å². The number of rotatable bonds is 4. The van der Waals surface area contributed by atoms with Crippen molar-refractivity contribution in [3.05, 3.63) is 54.0 Å². The molecule has 0 unspecified atom stereocenters. The van der Waals surface area contributed by atoms with Crippen molar-refractivity contribution in [1.82, 2.24) is 10.2 Å². The van der Waals surface area contributed by atoms with Gasteiger partial charge in [-0.3, -0.25) is 9.59 Å². The van der Waals surface area contributed by atoms with Gasteiger partial charge in [-0.1, -0.05) is 0 Å². The summed E-state index contributed by atoms with van der Waals surface area (Å²) in [5, 5.41) is 2.95. The molecule has 1 aliphatic rings. The van der Waals surface area contributed by atoms with E-state index in [1.165, 1.54) is 6.26 Å². The van der Waals surface area contributed by atoms with Crippen LogP contribution in [-0.2, 0) is 0 Å². The lowest BCUT2D eigenvalue weighted by molar-refractivity contribution is 0.0695. The highest BCUT2D eigenvalue weighted by Gasteiger charge is 2.25. The molecule has 0 saturated carbocycles. The maximum Gasteiger partial charge on any atom is 0.287 e. The first-order chi connectivity index (χ1) is 11.7. The smallest absolute Gasteiger partial charge is 0.287 e. The van der Waals surface area contributed by atoms with Crippen LogP contribution >= 0.6 is 0 Å². The molecule has 1 aromatic heterocycles. The summed E-state index contributed by atoms with van der Waals surface area (Å²) >= 11 is 0. The van der Waals surface area contributed by atoms with Crippen LogP contribution in [-0.4, -0.2) is 43.0 Å². The van der Waals surface area contributed by atoms with E-state index in [2.05, 4.69) is 5.32 Å². The number of amides is 2. The number of benzene rings is 1. The Morgan fingerprint density at radius 2 is 1.88 bits per heavy atom. The molecule has 1 aromatic carbocycles. The number of nitrogens with zero attached hydrogens (tertiary/aromatic N) is 1. The summed E-state index contributed by atoms with van der Waals surface area (Å²) in [6.07, 6.45) is 2.94. The van der Waals surface area contributed by atoms with Gasteiger partial charge in [0.25, 0.3) is 11.8 Å². The molecule has 3 rings (SSSR count). The van der Waals surface area contributed by atoms with Crippen LogP contribution in [0.3, 0.4) is 0 Å². The predicted octanol–water partition coefficient (Wildman–Crippen LogP) is 2.32. The fourth-order valence-corrected chi connectivity index (χ4v) is 2.81. The van der Waals surface area contributed by atoms with E-state index in [9.17, 15) is 9.59 Å². The third kappa shape index (κ3) is 3.59. The van der Waals surface area contributed by atoms with Gasteiger partial charge >= 0.3 is 0 Å². The second-order valence-corrected chi connectivity index (χ2v) is 5.75. The maximum atomic E-state index is 12.5. The molecule has 2 heterocycles. The van der Waals surface area contributed by atoms with Crippen molar-refractivity contribution < 1.29 is 18.7 Å². The second-order valence-electron chi connectivity index (χ2n) is 5.75. The molecular weight excluding hydrogens is 308 g/mol. The average Bonchev–Trinajstić information content (AvgIpc) is 3.17. The molecule has 1 N–H and O–H groups in total. The van der Waals surface area contributed by atoms with Gasteiger partial charge in [0.05, 0.1) is 13.4 Å². The Bertz CT molecular complexity index is 686. The number of ether oxygens (including phenoxy) is 1. The van der Waals surface area contributed by atoms with Crippen molar-refractivity contribution >= 4 is 11.8 Å². The van der Waals surface area contributed by atoms with Crippen LogP contribution in [0.15, 0.2) is 47.1 Å². The number of hydrogen-bond donors (Lipinski definition) is 1. The average molecular weight is 328 g/mol. The molecule has 6 nitrogen and oxygen atoms in total. The van der Waals surface area contributed by atoms with Crippen LogP contribution in [0.25, 0.3) is 0 Å². The minimum absolute atomic E-state index is 0.00784. The molecule has 24 heavy (non-hydrogen) atoms. The summed E-state index contributed by atoms with van der Waals surface area (Å²) in [6.45, 7) is 1.24. The van der Waals surface area contributed by atoms with Crippen LogP contribution in [0.2, 0.25) is 0 Å². The maximum absolute atomic E-state index is 12.5. The molecule has 0 atom stereocenters. The van der Waals surface area contributed by atoms with Crippen LogP contribution in [0, 0.1) is 0 Å². The van der Waals surface area contributed by atoms with Crippen molar-refractivity contribution in [1.29, 1.82) is 0 Å². The zero-order chi connectivity index (χ0) is 16.9. The summed E-state index contributed by atoms with van der Waals surface area (Å²) in [6, 6.07) is 10.5. The van der Waals surface area contributed by atoms with Crippen molar-refractivity contribution in [3.8, 4) is 5.75 Å². The van der Waals surface area contributed by atoms with Crippen molar-refractivity contribution in [2.45, 2.75) is 18.9 Å². The first-order valence-corrected chi connectivity index (χ1v) is 7.95. The van der Waals surface area contributed by atoms with E-state index in [1.54, 1.807) is 43.5 Å². The van der Waals surface area contributed by atoms with Gasteiger partial charge in [-0.05, 0) is 49.2 Å². The lowest BCUT2D eigenvalue weighted by atomic mass is 10.0. The van der Waals surface area contributed by atoms with Gasteiger partial charge in [-0.15, -0.1) is 0 Å². The van der Waals surface area contributed by atoms with Gasteiger partial charge in [0, 0.05) is 24.7 Å². The van der Waals surface area contributed by atoms with Crippen LogP contribution in [0.1, 0.15) is 33.8 Å². The minimum Gasteiger partial charge on any atom is -0.497 e. The Balaban J connectivity index is 1.52. The summed E-state index contributed by atoms with van der Waals surface area (Å²) < 4.78 is 10.2. The molecule has 126 valence electrons. The minimum atomic E-state index is -0.208. The third-order valence-electron chi connectivity index (χ3n) is 4.20. The summed E-state index contributed by atoms with van der Waals surface area (Å²) in [5.41, 5.74) is 0.647. The molecule has 1 fully saturated rings. The van der Waals surface area contributed by atoms with Gasteiger partial charge in [0.2, 0.25) is 0 Å². The largest absolute Gasteiger partial charge is 0.497 e. The van der Waals surface area contributed by atoms with E-state index in [1.807, 2.05) is 4.90 Å². The fourth-order valence-electron chi connectivity index (χ4n) is 2.81. The Hall–Kier alpha value is -2.76. The Kier molecular flexibility index (Phi) is 4.84. The number of piperidine rings is 1. The van der Waals surface area contributed by atoms with E-state index in [-0.39, 0.29) is 17.9 Å². The summed E-state index contributed by atoms with van der Waals surface area (Å²) in [4.78, 5) is 26.3. The van der Waals surface area contributed by atoms with Crippen LogP contribution < -0.4 is 10.1 Å². The van der Waals surface area contributed by atoms with E-state index in [4.69, 9.17) is 9.15 Å². The van der Waals surface area contributed by atoms with Crippen LogP contribution in [0.4, 0.5) is 0 Å². The predicted molar refractivity (Wildman–Crippen MR) is 88.1 cm³/mol. The zero-order valence-corrected chi connectivity index (χ0v) is 13.5. The summed E-state index contributed by atoms with van der Waals surface area (Å²) in [5.74, 6) is 0.839. The number of nitrogens with one attached hydrogen (secondary N) is 1. The molecule has 0 bridgehead atoms. The fraction of sp³-hybridized carbons (Fsp3) is 0.333. The standard InChI is InChI=1S/C18H20N2O4/c1-23-15-6-4-13(5-7-15)18(22)20-10-8-14(9-11-20)19-17(21)16-3-2-12-24-16/h2-7,12,14H,8-11H2,1H3,(H,19,21). The van der Waals surface area contributed by atoms with E-state index >= 15 is 0 Å². The van der Waals surface area contributed by atoms with E-state index < -0.39 is 0 Å². The number of hydrogen-bond acceptors (Lipinski definition) is 4. The third-order valence-corrected chi connectivity index (χ3v) is 4.20. The van der Waals surface area contributed by atoms with Gasteiger partial charge in [-0.2, -0.15) is 0 Å². The Morgan fingerprint density at radius 3 is 2.46 bits per heavy atom. The normalized spacial score (nSPS) is 15.1. The molecule has 2 amide bonds. The van der Waals surface area contributed by atoms with E-state index in [0.29, 0.717) is 24.4 Å². The second kappa shape index (κ2) is 7.21. The molecular formula is C18H20N2O4. The van der Waals surface area contributed by atoms with Crippen molar-refractivity contribution in [2.24, 2.45) is 0 Å². The SMILES string of the molecule is COc1ccc(C(=O)N2CCC(NC(=O)c3ccco3)CC2)cc1. The molecule has 6 heteroatoms. The molecule has 0 spiro atoms. The lowest BCUT2D eigenvalue weighted by Crippen LogP contribution is -2.46. The highest BCUT2D eigenvalue weighted by Crippen LogP contribution is 2.17.